The normalized spacial score (nSPS) is 17.3. The Kier molecular flexibility index (Phi) is 4.33. The second-order valence-electron chi connectivity index (χ2n) is 5.50. The molecule has 122 valence electrons. The van der Waals surface area contributed by atoms with Crippen LogP contribution in [0.5, 0.6) is 0 Å². The minimum Gasteiger partial charge on any atom is -0.465 e. The van der Waals surface area contributed by atoms with E-state index in [0.717, 1.165) is 12.0 Å². The SMILES string of the molecule is COC(=O)c1csc(NC(=O)N2CCC(c3cnn(C)c3)C2)c1. The van der Waals surface area contributed by atoms with Gasteiger partial charge in [0.05, 0.1) is 23.9 Å². The Morgan fingerprint density at radius 2 is 2.30 bits per heavy atom. The number of likely N-dealkylation sites (tertiary alicyclic amines) is 1. The quantitative estimate of drug-likeness (QED) is 0.874. The number of carbonyl (C=O) groups excluding carboxylic acids is 2. The molecule has 7 nitrogen and oxygen atoms in total. The van der Waals surface area contributed by atoms with Crippen molar-refractivity contribution in [1.82, 2.24) is 14.7 Å². The van der Waals surface area contributed by atoms with E-state index in [1.807, 2.05) is 19.4 Å². The zero-order valence-corrected chi connectivity index (χ0v) is 13.8. The van der Waals surface area contributed by atoms with Gasteiger partial charge in [0.2, 0.25) is 0 Å². The van der Waals surface area contributed by atoms with E-state index in [9.17, 15) is 9.59 Å². The molecule has 2 aromatic rings. The van der Waals surface area contributed by atoms with E-state index < -0.39 is 5.97 Å². The highest BCUT2D eigenvalue weighted by Gasteiger charge is 2.28. The first-order valence-corrected chi connectivity index (χ1v) is 8.16. The number of anilines is 1. The number of hydrogen-bond donors (Lipinski definition) is 1. The van der Waals surface area contributed by atoms with Crippen LogP contribution >= 0.6 is 11.3 Å². The maximum absolute atomic E-state index is 12.3. The Bertz CT molecular complexity index is 724. The van der Waals surface area contributed by atoms with Crippen LogP contribution < -0.4 is 5.32 Å². The van der Waals surface area contributed by atoms with Gasteiger partial charge in [-0.05, 0) is 18.1 Å². The maximum atomic E-state index is 12.3. The first-order valence-electron chi connectivity index (χ1n) is 7.28. The summed E-state index contributed by atoms with van der Waals surface area (Å²) in [5, 5.41) is 9.33. The Hall–Kier alpha value is -2.35. The molecular weight excluding hydrogens is 316 g/mol. The van der Waals surface area contributed by atoms with Gasteiger partial charge in [0, 0.05) is 37.6 Å². The van der Waals surface area contributed by atoms with Gasteiger partial charge in [0.15, 0.2) is 0 Å². The zero-order chi connectivity index (χ0) is 16.4. The molecule has 1 aliphatic rings. The lowest BCUT2D eigenvalue weighted by Crippen LogP contribution is -2.32. The highest BCUT2D eigenvalue weighted by atomic mass is 32.1. The molecule has 0 aliphatic carbocycles. The van der Waals surface area contributed by atoms with E-state index in [2.05, 4.69) is 15.2 Å². The first kappa shape index (κ1) is 15.5. The summed E-state index contributed by atoms with van der Waals surface area (Å²) in [6, 6.07) is 1.48. The number of methoxy groups -OCH3 is 1. The molecule has 1 N–H and O–H groups in total. The second kappa shape index (κ2) is 6.41. The number of amides is 2. The number of thiophene rings is 1. The summed E-state index contributed by atoms with van der Waals surface area (Å²) < 4.78 is 6.43. The lowest BCUT2D eigenvalue weighted by molar-refractivity contribution is 0.0601. The summed E-state index contributed by atoms with van der Waals surface area (Å²) in [5.41, 5.74) is 1.61. The molecular formula is C15H18N4O3S. The third-order valence-electron chi connectivity index (χ3n) is 3.92. The highest BCUT2D eigenvalue weighted by Crippen LogP contribution is 2.28. The molecule has 2 amide bonds. The summed E-state index contributed by atoms with van der Waals surface area (Å²) >= 11 is 1.31. The van der Waals surface area contributed by atoms with Crippen LogP contribution in [0.25, 0.3) is 0 Å². The highest BCUT2D eigenvalue weighted by molar-refractivity contribution is 7.14. The standard InChI is InChI=1S/C15H18N4O3S/c1-18-7-12(6-16-18)10-3-4-19(8-10)15(21)17-13-5-11(9-23-13)14(20)22-2/h5-7,9-10H,3-4,8H2,1-2H3,(H,17,21). The number of aromatic nitrogens is 2. The molecule has 23 heavy (non-hydrogen) atoms. The fourth-order valence-electron chi connectivity index (χ4n) is 2.68. The molecule has 0 spiro atoms. The number of esters is 1. The number of rotatable bonds is 3. The van der Waals surface area contributed by atoms with Crippen molar-refractivity contribution in [1.29, 1.82) is 0 Å². The smallest absolute Gasteiger partial charge is 0.338 e. The molecule has 0 radical (unpaired) electrons. The van der Waals surface area contributed by atoms with Gasteiger partial charge in [-0.15, -0.1) is 11.3 Å². The van der Waals surface area contributed by atoms with Gasteiger partial charge in [-0.3, -0.25) is 10.00 Å². The Morgan fingerprint density at radius 1 is 1.48 bits per heavy atom. The number of aryl methyl sites for hydroxylation is 1. The molecule has 1 fully saturated rings. The van der Waals surface area contributed by atoms with Crippen LogP contribution in [0.15, 0.2) is 23.8 Å². The number of hydrogen-bond acceptors (Lipinski definition) is 5. The predicted molar refractivity (Wildman–Crippen MR) is 86.8 cm³/mol. The van der Waals surface area contributed by atoms with Crippen molar-refractivity contribution in [2.75, 3.05) is 25.5 Å². The summed E-state index contributed by atoms with van der Waals surface area (Å²) in [6.07, 6.45) is 4.78. The van der Waals surface area contributed by atoms with Crippen molar-refractivity contribution in [2.24, 2.45) is 7.05 Å². The molecule has 1 aliphatic heterocycles. The fraction of sp³-hybridized carbons (Fsp3) is 0.400. The van der Waals surface area contributed by atoms with E-state index >= 15 is 0 Å². The monoisotopic (exact) mass is 334 g/mol. The lowest BCUT2D eigenvalue weighted by Gasteiger charge is -2.16. The van der Waals surface area contributed by atoms with Gasteiger partial charge in [0.1, 0.15) is 0 Å². The van der Waals surface area contributed by atoms with Gasteiger partial charge in [-0.25, -0.2) is 9.59 Å². The number of carbonyl (C=O) groups is 2. The minimum absolute atomic E-state index is 0.144. The third kappa shape index (κ3) is 3.37. The fourth-order valence-corrected chi connectivity index (χ4v) is 3.44. The largest absolute Gasteiger partial charge is 0.465 e. The number of ether oxygens (including phenoxy) is 1. The predicted octanol–water partition coefficient (Wildman–Crippen LogP) is 2.29. The van der Waals surface area contributed by atoms with Crippen molar-refractivity contribution in [3.63, 3.8) is 0 Å². The van der Waals surface area contributed by atoms with Crippen LogP contribution in [0.3, 0.4) is 0 Å². The lowest BCUT2D eigenvalue weighted by atomic mass is 10.0. The van der Waals surface area contributed by atoms with Crippen LogP contribution in [-0.2, 0) is 11.8 Å². The zero-order valence-electron chi connectivity index (χ0n) is 13.0. The van der Waals surface area contributed by atoms with E-state index in [-0.39, 0.29) is 6.03 Å². The molecule has 1 saturated heterocycles. The van der Waals surface area contributed by atoms with E-state index in [1.165, 1.54) is 18.4 Å². The van der Waals surface area contributed by atoms with Crippen LogP contribution in [0.1, 0.15) is 28.3 Å². The summed E-state index contributed by atoms with van der Waals surface area (Å²) in [6.45, 7) is 1.38. The van der Waals surface area contributed by atoms with Crippen molar-refractivity contribution in [3.8, 4) is 0 Å². The minimum atomic E-state index is -0.403. The van der Waals surface area contributed by atoms with Crippen LogP contribution in [0.4, 0.5) is 9.80 Å². The molecule has 0 saturated carbocycles. The topological polar surface area (TPSA) is 76.5 Å². The average molecular weight is 334 g/mol. The molecule has 1 atom stereocenters. The Morgan fingerprint density at radius 3 is 3.00 bits per heavy atom. The summed E-state index contributed by atoms with van der Waals surface area (Å²) in [4.78, 5) is 25.5. The van der Waals surface area contributed by atoms with Crippen LogP contribution in [-0.4, -0.2) is 46.9 Å². The average Bonchev–Trinajstić information content (AvgIpc) is 3.25. The van der Waals surface area contributed by atoms with Crippen molar-refractivity contribution in [3.05, 3.63) is 35.0 Å². The number of nitrogens with zero attached hydrogens (tertiary/aromatic N) is 3. The summed E-state index contributed by atoms with van der Waals surface area (Å²) in [7, 11) is 3.22. The van der Waals surface area contributed by atoms with Crippen molar-refractivity contribution >= 4 is 28.3 Å². The second-order valence-corrected chi connectivity index (χ2v) is 6.41. The molecule has 0 bridgehead atoms. The molecule has 3 rings (SSSR count). The van der Waals surface area contributed by atoms with Crippen LogP contribution in [0, 0.1) is 0 Å². The van der Waals surface area contributed by atoms with Gasteiger partial charge >= 0.3 is 12.0 Å². The van der Waals surface area contributed by atoms with Gasteiger partial charge in [0.25, 0.3) is 0 Å². The van der Waals surface area contributed by atoms with E-state index in [1.54, 1.807) is 21.0 Å². The molecule has 1 unspecified atom stereocenters. The van der Waals surface area contributed by atoms with Gasteiger partial charge in [-0.1, -0.05) is 0 Å². The van der Waals surface area contributed by atoms with Crippen LogP contribution in [0.2, 0.25) is 0 Å². The van der Waals surface area contributed by atoms with E-state index in [0.29, 0.717) is 29.6 Å². The first-order chi connectivity index (χ1) is 11.1. The maximum Gasteiger partial charge on any atom is 0.338 e. The van der Waals surface area contributed by atoms with Gasteiger partial charge < -0.3 is 9.64 Å². The number of nitrogens with one attached hydrogen (secondary N) is 1. The summed E-state index contributed by atoms with van der Waals surface area (Å²) in [5.74, 6) is -0.0806. The molecule has 8 heteroatoms. The number of urea groups is 1. The van der Waals surface area contributed by atoms with Crippen molar-refractivity contribution < 1.29 is 14.3 Å². The van der Waals surface area contributed by atoms with Crippen molar-refractivity contribution in [2.45, 2.75) is 12.3 Å². The van der Waals surface area contributed by atoms with E-state index in [4.69, 9.17) is 0 Å². The molecule has 3 heterocycles. The van der Waals surface area contributed by atoms with Gasteiger partial charge in [-0.2, -0.15) is 5.10 Å². The molecule has 2 aromatic heterocycles. The Labute approximate surface area is 137 Å². The Balaban J connectivity index is 1.59. The third-order valence-corrected chi connectivity index (χ3v) is 4.77. The molecule has 0 aromatic carbocycles.